The fraction of sp³-hybridized carbons (Fsp3) is 0.824. The fourth-order valence-corrected chi connectivity index (χ4v) is 4.23. The van der Waals surface area contributed by atoms with Crippen LogP contribution in [0.3, 0.4) is 0 Å². The van der Waals surface area contributed by atoms with Gasteiger partial charge in [-0.1, -0.05) is 33.1 Å². The Bertz CT molecular complexity index is 441. The summed E-state index contributed by atoms with van der Waals surface area (Å²) in [6.45, 7) is 9.71. The number of nitrogens with one attached hydrogen (secondary N) is 1. The van der Waals surface area contributed by atoms with Gasteiger partial charge in [0, 0.05) is 13.1 Å². The molecule has 0 spiro atoms. The van der Waals surface area contributed by atoms with Crippen molar-refractivity contribution in [2.45, 2.75) is 72.4 Å². The molecule has 1 aliphatic rings. The molecule has 1 saturated carbocycles. The van der Waals surface area contributed by atoms with Crippen molar-refractivity contribution < 1.29 is 0 Å². The highest BCUT2D eigenvalue weighted by Gasteiger charge is 2.18. The van der Waals surface area contributed by atoms with Gasteiger partial charge in [-0.05, 0) is 60.5 Å². The first kappa shape index (κ1) is 17.0. The Hall–Kier alpha value is -0.350. The molecule has 120 valence electrons. The molecule has 1 heterocycles. The zero-order valence-corrected chi connectivity index (χ0v) is 15.4. The Morgan fingerprint density at radius 2 is 2.14 bits per heavy atom. The molecule has 1 aromatic heterocycles. The Labute approximate surface area is 138 Å². The van der Waals surface area contributed by atoms with Crippen LogP contribution < -0.4 is 5.32 Å². The second-order valence-electron chi connectivity index (χ2n) is 6.48. The number of hydrogen-bond acceptors (Lipinski definition) is 2. The molecular formula is C17H30BrN3. The van der Waals surface area contributed by atoms with Crippen LogP contribution in [0.1, 0.15) is 64.3 Å². The van der Waals surface area contributed by atoms with Crippen LogP contribution in [0, 0.1) is 11.8 Å². The summed E-state index contributed by atoms with van der Waals surface area (Å²) >= 11 is 3.72. The van der Waals surface area contributed by atoms with E-state index in [1.165, 1.54) is 48.0 Å². The molecule has 0 radical (unpaired) electrons. The third-order valence-electron chi connectivity index (χ3n) is 4.76. The van der Waals surface area contributed by atoms with Crippen molar-refractivity contribution in [2.75, 3.05) is 6.54 Å². The van der Waals surface area contributed by atoms with Gasteiger partial charge in [0.15, 0.2) is 0 Å². The molecule has 1 aliphatic carbocycles. The van der Waals surface area contributed by atoms with Crippen molar-refractivity contribution in [1.82, 2.24) is 15.1 Å². The van der Waals surface area contributed by atoms with Gasteiger partial charge < -0.3 is 5.32 Å². The van der Waals surface area contributed by atoms with Crippen LogP contribution >= 0.6 is 15.9 Å². The van der Waals surface area contributed by atoms with E-state index in [4.69, 9.17) is 0 Å². The number of hydrogen-bond donors (Lipinski definition) is 1. The Kier molecular flexibility index (Phi) is 6.74. The Morgan fingerprint density at radius 1 is 1.33 bits per heavy atom. The topological polar surface area (TPSA) is 29.9 Å². The maximum Gasteiger partial charge on any atom is 0.0767 e. The van der Waals surface area contributed by atoms with E-state index < -0.39 is 0 Å². The van der Waals surface area contributed by atoms with Crippen LogP contribution in [-0.4, -0.2) is 16.3 Å². The lowest BCUT2D eigenvalue weighted by Crippen LogP contribution is -2.22. The first-order chi connectivity index (χ1) is 10.2. The summed E-state index contributed by atoms with van der Waals surface area (Å²) in [7, 11) is 0. The normalized spacial score (nSPS) is 22.7. The van der Waals surface area contributed by atoms with E-state index in [-0.39, 0.29) is 0 Å². The van der Waals surface area contributed by atoms with Crippen LogP contribution in [0.4, 0.5) is 0 Å². The lowest BCUT2D eigenvalue weighted by atomic mass is 9.81. The van der Waals surface area contributed by atoms with Crippen molar-refractivity contribution in [1.29, 1.82) is 0 Å². The summed E-state index contributed by atoms with van der Waals surface area (Å²) in [6, 6.07) is 0. The summed E-state index contributed by atoms with van der Waals surface area (Å²) in [5.74, 6) is 1.87. The summed E-state index contributed by atoms with van der Waals surface area (Å²) in [6.07, 6.45) is 8.04. The average molecular weight is 356 g/mol. The molecule has 2 unspecified atom stereocenters. The van der Waals surface area contributed by atoms with Gasteiger partial charge in [0.25, 0.3) is 0 Å². The largest absolute Gasteiger partial charge is 0.311 e. The number of halogens is 1. The summed E-state index contributed by atoms with van der Waals surface area (Å²) in [5, 5.41) is 8.28. The second-order valence-corrected chi connectivity index (χ2v) is 7.27. The van der Waals surface area contributed by atoms with E-state index in [1.54, 1.807) is 0 Å². The summed E-state index contributed by atoms with van der Waals surface area (Å²) in [4.78, 5) is 0. The zero-order chi connectivity index (χ0) is 15.2. The smallest absolute Gasteiger partial charge is 0.0767 e. The minimum atomic E-state index is 0.920. The minimum absolute atomic E-state index is 0.920. The second kappa shape index (κ2) is 8.33. The molecule has 3 nitrogen and oxygen atoms in total. The molecule has 2 rings (SSSR count). The van der Waals surface area contributed by atoms with Crippen LogP contribution in [0.25, 0.3) is 0 Å². The van der Waals surface area contributed by atoms with Crippen molar-refractivity contribution in [3.63, 3.8) is 0 Å². The standard InChI is InChI=1S/C17H30BrN3/c1-4-15-17(18)16(21(5-2)20-15)12-19-10-9-14-8-6-7-13(3)11-14/h13-14,19H,4-12H2,1-3H3. The van der Waals surface area contributed by atoms with Crippen molar-refractivity contribution >= 4 is 15.9 Å². The Morgan fingerprint density at radius 3 is 2.81 bits per heavy atom. The molecular weight excluding hydrogens is 326 g/mol. The third kappa shape index (κ3) is 4.56. The molecule has 0 amide bonds. The van der Waals surface area contributed by atoms with Gasteiger partial charge in [-0.3, -0.25) is 4.68 Å². The molecule has 21 heavy (non-hydrogen) atoms. The van der Waals surface area contributed by atoms with Gasteiger partial charge in [0.1, 0.15) is 0 Å². The first-order valence-electron chi connectivity index (χ1n) is 8.60. The van der Waals surface area contributed by atoms with Crippen molar-refractivity contribution in [2.24, 2.45) is 11.8 Å². The highest BCUT2D eigenvalue weighted by Crippen LogP contribution is 2.30. The first-order valence-corrected chi connectivity index (χ1v) is 9.39. The van der Waals surface area contributed by atoms with E-state index in [0.717, 1.165) is 37.9 Å². The molecule has 1 N–H and O–H groups in total. The number of aromatic nitrogens is 2. The molecule has 0 aliphatic heterocycles. The molecule has 0 bridgehead atoms. The maximum atomic E-state index is 4.66. The number of nitrogens with zero attached hydrogens (tertiary/aromatic N) is 2. The van der Waals surface area contributed by atoms with E-state index >= 15 is 0 Å². The van der Waals surface area contributed by atoms with Gasteiger partial charge in [0.2, 0.25) is 0 Å². The molecule has 4 heteroatoms. The van der Waals surface area contributed by atoms with E-state index in [1.807, 2.05) is 0 Å². The summed E-state index contributed by atoms with van der Waals surface area (Å²) < 4.78 is 3.32. The van der Waals surface area contributed by atoms with Gasteiger partial charge in [-0.15, -0.1) is 0 Å². The highest BCUT2D eigenvalue weighted by molar-refractivity contribution is 9.10. The average Bonchev–Trinajstić information content (AvgIpc) is 2.79. The Balaban J connectivity index is 1.79. The van der Waals surface area contributed by atoms with Crippen LogP contribution in [-0.2, 0) is 19.5 Å². The molecule has 2 atom stereocenters. The van der Waals surface area contributed by atoms with Crippen molar-refractivity contribution in [3.05, 3.63) is 15.9 Å². The number of aryl methyl sites for hydroxylation is 2. The van der Waals surface area contributed by atoms with Gasteiger partial charge >= 0.3 is 0 Å². The van der Waals surface area contributed by atoms with Crippen LogP contribution in [0.2, 0.25) is 0 Å². The van der Waals surface area contributed by atoms with E-state index in [9.17, 15) is 0 Å². The fourth-order valence-electron chi connectivity index (χ4n) is 3.52. The van der Waals surface area contributed by atoms with Crippen LogP contribution in [0.5, 0.6) is 0 Å². The highest BCUT2D eigenvalue weighted by atomic mass is 79.9. The van der Waals surface area contributed by atoms with Gasteiger partial charge in [-0.25, -0.2) is 0 Å². The predicted molar refractivity (Wildman–Crippen MR) is 92.4 cm³/mol. The number of rotatable bonds is 7. The monoisotopic (exact) mass is 355 g/mol. The van der Waals surface area contributed by atoms with Crippen molar-refractivity contribution in [3.8, 4) is 0 Å². The lowest BCUT2D eigenvalue weighted by molar-refractivity contribution is 0.267. The van der Waals surface area contributed by atoms with E-state index in [0.29, 0.717) is 0 Å². The molecule has 0 saturated heterocycles. The lowest BCUT2D eigenvalue weighted by Gasteiger charge is -2.26. The quantitative estimate of drug-likeness (QED) is 0.727. The summed E-state index contributed by atoms with van der Waals surface area (Å²) in [5.41, 5.74) is 2.47. The molecule has 1 fully saturated rings. The maximum absolute atomic E-state index is 4.66. The van der Waals surface area contributed by atoms with E-state index in [2.05, 4.69) is 51.8 Å². The molecule has 0 aromatic carbocycles. The predicted octanol–water partition coefficient (Wildman–Crippen LogP) is 4.53. The van der Waals surface area contributed by atoms with Gasteiger partial charge in [0.05, 0.1) is 15.9 Å². The molecule has 1 aromatic rings. The third-order valence-corrected chi connectivity index (χ3v) is 5.68. The SMILES string of the molecule is CCc1nn(CC)c(CNCCC2CCCC(C)C2)c1Br. The minimum Gasteiger partial charge on any atom is -0.311 e. The van der Waals surface area contributed by atoms with Crippen LogP contribution in [0.15, 0.2) is 4.47 Å². The van der Waals surface area contributed by atoms with Gasteiger partial charge in [-0.2, -0.15) is 5.10 Å². The zero-order valence-electron chi connectivity index (χ0n) is 13.8.